The fraction of sp³-hybridized carbons (Fsp3) is 0.464. The molecular weight excluding hydrogens is 515 g/mol. The van der Waals surface area contributed by atoms with Gasteiger partial charge in [-0.05, 0) is 80.5 Å². The number of benzene rings is 2. The number of carbonyl (C=O) groups is 3. The summed E-state index contributed by atoms with van der Waals surface area (Å²) in [7, 11) is 0. The lowest BCUT2D eigenvalue weighted by Gasteiger charge is -2.38. The molecule has 2 fully saturated rings. The van der Waals surface area contributed by atoms with Crippen molar-refractivity contribution in [1.82, 2.24) is 15.1 Å². The van der Waals surface area contributed by atoms with Crippen LogP contribution in [0.5, 0.6) is 11.5 Å². The molecule has 0 aliphatic carbocycles. The summed E-state index contributed by atoms with van der Waals surface area (Å²) in [5.74, 6) is -0.0584. The number of likely N-dealkylation sites (tertiary alicyclic amines) is 2. The first-order valence-electron chi connectivity index (χ1n) is 13.2. The van der Waals surface area contributed by atoms with Gasteiger partial charge < -0.3 is 24.6 Å². The molecule has 1 atom stereocenters. The van der Waals surface area contributed by atoms with E-state index in [1.807, 2.05) is 0 Å². The van der Waals surface area contributed by atoms with Crippen molar-refractivity contribution in [3.63, 3.8) is 0 Å². The maximum atomic E-state index is 13.6. The van der Waals surface area contributed by atoms with Gasteiger partial charge in [0.05, 0.1) is 5.56 Å². The van der Waals surface area contributed by atoms with Crippen LogP contribution < -0.4 is 14.8 Å². The molecule has 3 aliphatic heterocycles. The third kappa shape index (κ3) is 5.97. The number of rotatable bonds is 5. The second kappa shape index (κ2) is 11.2. The molecular formula is C28H30F3N3O5. The van der Waals surface area contributed by atoms with Crippen molar-refractivity contribution in [1.29, 1.82) is 0 Å². The largest absolute Gasteiger partial charge is 0.454 e. The Balaban J connectivity index is 1.27. The smallest absolute Gasteiger partial charge is 0.416 e. The number of nitrogens with zero attached hydrogens (tertiary/aromatic N) is 2. The normalized spacial score (nSPS) is 18.5. The highest BCUT2D eigenvalue weighted by molar-refractivity contribution is 5.98. The fourth-order valence-corrected chi connectivity index (χ4v) is 5.37. The quantitative estimate of drug-likeness (QED) is 0.612. The summed E-state index contributed by atoms with van der Waals surface area (Å²) in [6.45, 7) is 2.02. The van der Waals surface area contributed by atoms with Crippen molar-refractivity contribution >= 4 is 17.7 Å². The van der Waals surface area contributed by atoms with Crippen molar-refractivity contribution in [2.24, 2.45) is 5.92 Å². The Kier molecular flexibility index (Phi) is 7.67. The van der Waals surface area contributed by atoms with Gasteiger partial charge in [-0.25, -0.2) is 0 Å². The van der Waals surface area contributed by atoms with Gasteiger partial charge in [0.2, 0.25) is 12.7 Å². The average Bonchev–Trinajstić information content (AvgIpc) is 3.43. The molecule has 5 rings (SSSR count). The van der Waals surface area contributed by atoms with Gasteiger partial charge in [-0.1, -0.05) is 0 Å². The predicted octanol–water partition coefficient (Wildman–Crippen LogP) is 4.10. The minimum Gasteiger partial charge on any atom is -0.454 e. The lowest BCUT2D eigenvalue weighted by Crippen LogP contribution is -2.55. The average molecular weight is 546 g/mol. The highest BCUT2D eigenvalue weighted by atomic mass is 19.4. The number of nitrogens with one attached hydrogen (secondary N) is 1. The van der Waals surface area contributed by atoms with Gasteiger partial charge in [-0.2, -0.15) is 13.2 Å². The number of hydrogen-bond donors (Lipinski definition) is 1. The van der Waals surface area contributed by atoms with Crippen molar-refractivity contribution in [3.05, 3.63) is 59.2 Å². The van der Waals surface area contributed by atoms with Crippen LogP contribution in [0.4, 0.5) is 13.2 Å². The molecule has 0 radical (unpaired) electrons. The number of hydrogen-bond acceptors (Lipinski definition) is 5. The Labute approximate surface area is 224 Å². The van der Waals surface area contributed by atoms with Gasteiger partial charge in [-0.15, -0.1) is 0 Å². The molecule has 8 nitrogen and oxygen atoms in total. The van der Waals surface area contributed by atoms with E-state index in [4.69, 9.17) is 9.47 Å². The zero-order chi connectivity index (χ0) is 27.6. The Bertz CT molecular complexity index is 1220. The Morgan fingerprint density at radius 2 is 1.46 bits per heavy atom. The number of carbonyl (C=O) groups excluding carboxylic acids is 3. The number of fused-ring (bicyclic) bond motifs is 1. The monoisotopic (exact) mass is 545 g/mol. The van der Waals surface area contributed by atoms with E-state index in [1.165, 1.54) is 12.1 Å². The molecule has 0 aromatic heterocycles. The van der Waals surface area contributed by atoms with Gasteiger partial charge in [0, 0.05) is 37.3 Å². The van der Waals surface area contributed by atoms with E-state index in [0.717, 1.165) is 31.4 Å². The molecule has 11 heteroatoms. The topological polar surface area (TPSA) is 88.2 Å². The maximum Gasteiger partial charge on any atom is 0.416 e. The minimum atomic E-state index is -4.47. The van der Waals surface area contributed by atoms with Gasteiger partial charge in [-0.3, -0.25) is 14.4 Å². The lowest BCUT2D eigenvalue weighted by atomic mass is 9.87. The molecule has 2 aromatic carbocycles. The van der Waals surface area contributed by atoms with Crippen LogP contribution in [-0.2, 0) is 11.0 Å². The van der Waals surface area contributed by atoms with Crippen molar-refractivity contribution < 1.29 is 37.0 Å². The molecule has 208 valence electrons. The molecule has 0 bridgehead atoms. The molecule has 3 aliphatic rings. The van der Waals surface area contributed by atoms with Crippen LogP contribution in [0.15, 0.2) is 42.5 Å². The van der Waals surface area contributed by atoms with Crippen LogP contribution in [0.1, 0.15) is 58.4 Å². The summed E-state index contributed by atoms with van der Waals surface area (Å²) in [5, 5.41) is 2.95. The van der Waals surface area contributed by atoms with E-state index in [2.05, 4.69) is 5.32 Å². The standard InChI is InChI=1S/C28H30F3N3O5/c29-28(30,31)21-7-4-19(5-8-21)26(36)34-14-10-18(11-15-34)24(27(37)33-12-2-1-3-13-33)32-25(35)20-6-9-22-23(16-20)39-17-38-22/h4-9,16,18,24H,1-3,10-15,17H2,(H,32,35)/t24-/m1/s1. The maximum absolute atomic E-state index is 13.6. The SMILES string of the molecule is O=C(N[C@@H](C(=O)N1CCCCC1)C1CCN(C(=O)c2ccc(C(F)(F)F)cc2)CC1)c1ccc2c(c1)OCO2. The molecule has 0 saturated carbocycles. The van der Waals surface area contributed by atoms with E-state index in [0.29, 0.717) is 56.1 Å². The third-order valence-electron chi connectivity index (χ3n) is 7.61. The highest BCUT2D eigenvalue weighted by Crippen LogP contribution is 2.33. The summed E-state index contributed by atoms with van der Waals surface area (Å²) in [6, 6.07) is 8.28. The minimum absolute atomic E-state index is 0.0836. The van der Waals surface area contributed by atoms with Crippen molar-refractivity contribution in [2.75, 3.05) is 33.0 Å². The van der Waals surface area contributed by atoms with Gasteiger partial charge in [0.25, 0.3) is 11.8 Å². The van der Waals surface area contributed by atoms with Crippen LogP contribution in [0.3, 0.4) is 0 Å². The number of ether oxygens (including phenoxy) is 2. The predicted molar refractivity (Wildman–Crippen MR) is 134 cm³/mol. The molecule has 39 heavy (non-hydrogen) atoms. The van der Waals surface area contributed by atoms with E-state index in [1.54, 1.807) is 28.0 Å². The Morgan fingerprint density at radius 1 is 0.821 bits per heavy atom. The number of piperidine rings is 2. The van der Waals surface area contributed by atoms with E-state index in [-0.39, 0.29) is 30.1 Å². The molecule has 1 N–H and O–H groups in total. The highest BCUT2D eigenvalue weighted by Gasteiger charge is 2.37. The molecule has 2 saturated heterocycles. The summed E-state index contributed by atoms with van der Waals surface area (Å²) < 4.78 is 49.3. The zero-order valence-corrected chi connectivity index (χ0v) is 21.3. The summed E-state index contributed by atoms with van der Waals surface area (Å²) in [4.78, 5) is 43.1. The first-order chi connectivity index (χ1) is 18.7. The van der Waals surface area contributed by atoms with Gasteiger partial charge in [0.1, 0.15) is 6.04 Å². The number of alkyl halides is 3. The molecule has 3 heterocycles. The summed E-state index contributed by atoms with van der Waals surface area (Å²) in [6.07, 6.45) is -0.650. The van der Waals surface area contributed by atoms with E-state index < -0.39 is 23.7 Å². The van der Waals surface area contributed by atoms with Crippen LogP contribution in [0.2, 0.25) is 0 Å². The first-order valence-corrected chi connectivity index (χ1v) is 13.2. The second-order valence-corrected chi connectivity index (χ2v) is 10.1. The van der Waals surface area contributed by atoms with Crippen molar-refractivity contribution in [2.45, 2.75) is 44.3 Å². The van der Waals surface area contributed by atoms with E-state index in [9.17, 15) is 27.6 Å². The van der Waals surface area contributed by atoms with Crippen LogP contribution in [0, 0.1) is 5.92 Å². The fourth-order valence-electron chi connectivity index (χ4n) is 5.37. The van der Waals surface area contributed by atoms with Gasteiger partial charge in [0.15, 0.2) is 11.5 Å². The number of amides is 3. The Hall–Kier alpha value is -3.76. The zero-order valence-electron chi connectivity index (χ0n) is 21.3. The van der Waals surface area contributed by atoms with Gasteiger partial charge >= 0.3 is 6.18 Å². The first kappa shape index (κ1) is 26.8. The molecule has 0 unspecified atom stereocenters. The third-order valence-corrected chi connectivity index (χ3v) is 7.61. The molecule has 2 aromatic rings. The van der Waals surface area contributed by atoms with Crippen molar-refractivity contribution in [3.8, 4) is 11.5 Å². The van der Waals surface area contributed by atoms with Crippen LogP contribution in [-0.4, -0.2) is 66.5 Å². The summed E-state index contributed by atoms with van der Waals surface area (Å²) in [5.41, 5.74) is -0.279. The Morgan fingerprint density at radius 3 is 2.13 bits per heavy atom. The summed E-state index contributed by atoms with van der Waals surface area (Å²) >= 11 is 0. The van der Waals surface area contributed by atoms with Crippen LogP contribution in [0.25, 0.3) is 0 Å². The second-order valence-electron chi connectivity index (χ2n) is 10.1. The van der Waals surface area contributed by atoms with E-state index >= 15 is 0 Å². The van der Waals surface area contributed by atoms with Crippen LogP contribution >= 0.6 is 0 Å². The lowest BCUT2D eigenvalue weighted by molar-refractivity contribution is -0.137. The molecule has 3 amide bonds. The molecule has 0 spiro atoms. The number of halogens is 3.